The monoisotopic (exact) mass is 578 g/mol. The molecule has 2 aromatic carbocycles. The Kier molecular flexibility index (Phi) is 7.90. The van der Waals surface area contributed by atoms with E-state index in [1.54, 1.807) is 12.1 Å². The second-order valence-corrected chi connectivity index (χ2v) is 15.8. The second-order valence-electron chi connectivity index (χ2n) is 8.93. The molecular weight excluding hydrogens is 554 g/mol. The van der Waals surface area contributed by atoms with Crippen LogP contribution in [0.25, 0.3) is 11.3 Å². The first-order valence-electron chi connectivity index (χ1n) is 11.4. The minimum atomic E-state index is -4.52. The van der Waals surface area contributed by atoms with Crippen LogP contribution in [0.1, 0.15) is 49.1 Å². The van der Waals surface area contributed by atoms with Gasteiger partial charge < -0.3 is 5.11 Å². The minimum absolute atomic E-state index is 0.132. The number of hydrogen-bond donors (Lipinski definition) is 1. The maximum absolute atomic E-state index is 12.7. The third-order valence-corrected chi connectivity index (χ3v) is 12.5. The Balaban J connectivity index is 1.39. The first-order valence-corrected chi connectivity index (χ1v) is 16.1. The summed E-state index contributed by atoms with van der Waals surface area (Å²) in [7, 11) is -3.73. The van der Waals surface area contributed by atoms with Crippen LogP contribution in [-0.2, 0) is 19.1 Å². The van der Waals surface area contributed by atoms with Crippen molar-refractivity contribution in [3.8, 4) is 11.3 Å². The van der Waals surface area contributed by atoms with Gasteiger partial charge in [0.2, 0.25) is 0 Å². The Bertz CT molecular complexity index is 1300. The molecule has 1 N–H and O–H groups in total. The van der Waals surface area contributed by atoms with Gasteiger partial charge in [-0.2, -0.15) is 0 Å². The van der Waals surface area contributed by atoms with Crippen LogP contribution in [0, 0.1) is 5.92 Å². The van der Waals surface area contributed by atoms with Gasteiger partial charge in [-0.3, -0.25) is 4.79 Å². The molecule has 1 aliphatic rings. The first kappa shape index (κ1) is 26.4. The number of halogens is 3. The molecule has 0 saturated heterocycles. The summed E-state index contributed by atoms with van der Waals surface area (Å²) < 4.78 is 64.1. The van der Waals surface area contributed by atoms with E-state index in [9.17, 15) is 26.4 Å². The molecule has 189 valence electrons. The van der Waals surface area contributed by atoms with Gasteiger partial charge in [-0.25, -0.2) is 0 Å². The summed E-state index contributed by atoms with van der Waals surface area (Å²) in [6.07, 6.45) is 1.01. The Morgan fingerprint density at radius 2 is 1.58 bits per heavy atom. The van der Waals surface area contributed by atoms with Crippen molar-refractivity contribution in [3.05, 3.63) is 78.0 Å². The van der Waals surface area contributed by atoms with Crippen LogP contribution in [0.15, 0.2) is 71.8 Å². The van der Waals surface area contributed by atoms with Crippen molar-refractivity contribution in [3.63, 3.8) is 0 Å². The molecule has 0 spiro atoms. The van der Waals surface area contributed by atoms with Crippen molar-refractivity contribution >= 4 is 33.0 Å². The molecular formula is C26H24AsF3NO4S. The van der Waals surface area contributed by atoms with Crippen molar-refractivity contribution in [1.29, 1.82) is 0 Å². The van der Waals surface area contributed by atoms with E-state index in [1.807, 2.05) is 12.1 Å². The summed E-state index contributed by atoms with van der Waals surface area (Å²) in [6.45, 7) is 0. The standard InChI is InChI=1S/C26H24AsF3NO4S/c28-26(29,30)21-9-12-23(13-10-21)36(34,35)27-22-11-14-24(31-16-22)20-7-5-19(6-8-20)18-3-1-17(2-4-18)15-25(32)33/h5-14,16-18H,1-4,15H2,(H,32,33). The van der Waals surface area contributed by atoms with Crippen LogP contribution in [0.4, 0.5) is 13.2 Å². The fraction of sp³-hybridized carbons (Fsp3) is 0.308. The summed E-state index contributed by atoms with van der Waals surface area (Å²) >= 11 is -1.38. The molecule has 3 aromatic rings. The number of rotatable bonds is 7. The van der Waals surface area contributed by atoms with Gasteiger partial charge in [-0.05, 0) is 0 Å². The number of hydrogen-bond acceptors (Lipinski definition) is 4. The van der Waals surface area contributed by atoms with Crippen LogP contribution >= 0.6 is 0 Å². The number of carboxylic acids is 1. The molecule has 1 aromatic heterocycles. The van der Waals surface area contributed by atoms with Gasteiger partial charge in [0.1, 0.15) is 0 Å². The number of benzene rings is 2. The molecule has 5 nitrogen and oxygen atoms in total. The zero-order valence-electron chi connectivity index (χ0n) is 19.1. The molecule has 1 radical (unpaired) electrons. The number of alkyl halides is 3. The molecule has 0 amide bonds. The van der Waals surface area contributed by atoms with Crippen LogP contribution in [0.3, 0.4) is 0 Å². The average Bonchev–Trinajstić information content (AvgIpc) is 2.84. The van der Waals surface area contributed by atoms with Crippen LogP contribution < -0.4 is 4.35 Å². The van der Waals surface area contributed by atoms with Gasteiger partial charge in [-0.1, -0.05) is 0 Å². The Labute approximate surface area is 213 Å². The van der Waals surface area contributed by atoms with E-state index in [-0.39, 0.29) is 17.2 Å². The number of pyridine rings is 1. The molecule has 0 atom stereocenters. The summed E-state index contributed by atoms with van der Waals surface area (Å²) in [6, 6.07) is 15.1. The van der Waals surface area contributed by atoms with Crippen LogP contribution in [-0.4, -0.2) is 39.1 Å². The number of carboxylic acid groups (broad SMARTS) is 1. The Morgan fingerprint density at radius 1 is 0.944 bits per heavy atom. The van der Waals surface area contributed by atoms with Gasteiger partial charge in [0, 0.05) is 6.42 Å². The molecule has 4 rings (SSSR count). The summed E-state index contributed by atoms with van der Waals surface area (Å²) in [5.41, 5.74) is 1.92. The topological polar surface area (TPSA) is 84.3 Å². The van der Waals surface area contributed by atoms with E-state index in [1.165, 1.54) is 11.8 Å². The van der Waals surface area contributed by atoms with Gasteiger partial charge >= 0.3 is 197 Å². The fourth-order valence-corrected chi connectivity index (χ4v) is 9.60. The zero-order valence-corrected chi connectivity index (χ0v) is 21.8. The quantitative estimate of drug-likeness (QED) is 0.388. The Hall–Kier alpha value is -2.64. The second kappa shape index (κ2) is 10.8. The average molecular weight is 578 g/mol. The molecule has 1 fully saturated rings. The summed E-state index contributed by atoms with van der Waals surface area (Å²) in [4.78, 5) is 15.2. The normalized spacial score (nSPS) is 19.0. The summed E-state index contributed by atoms with van der Waals surface area (Å²) in [5, 5.41) is 8.98. The van der Waals surface area contributed by atoms with Crippen molar-refractivity contribution < 1.29 is 31.5 Å². The number of aliphatic carboxylic acids is 1. The molecule has 0 unspecified atom stereocenters. The predicted molar refractivity (Wildman–Crippen MR) is 131 cm³/mol. The molecule has 1 saturated carbocycles. The van der Waals surface area contributed by atoms with E-state index in [4.69, 9.17) is 5.11 Å². The van der Waals surface area contributed by atoms with Gasteiger partial charge in [0.25, 0.3) is 0 Å². The van der Waals surface area contributed by atoms with E-state index in [0.717, 1.165) is 55.5 Å². The van der Waals surface area contributed by atoms with Crippen molar-refractivity contribution in [2.45, 2.75) is 49.1 Å². The number of aromatic nitrogens is 1. The molecule has 1 aliphatic carbocycles. The van der Waals surface area contributed by atoms with Crippen LogP contribution in [0.2, 0.25) is 0 Å². The Morgan fingerprint density at radius 3 is 2.11 bits per heavy atom. The summed E-state index contributed by atoms with van der Waals surface area (Å²) in [5.74, 6) is -0.0644. The van der Waals surface area contributed by atoms with E-state index < -0.39 is 40.4 Å². The van der Waals surface area contributed by atoms with Gasteiger partial charge in [0.15, 0.2) is 0 Å². The maximum atomic E-state index is 12.7. The third-order valence-electron chi connectivity index (χ3n) is 6.44. The van der Waals surface area contributed by atoms with Gasteiger partial charge in [0.05, 0.1) is 0 Å². The molecule has 0 aliphatic heterocycles. The third kappa shape index (κ3) is 6.56. The molecule has 10 heteroatoms. The zero-order chi connectivity index (χ0) is 25.9. The van der Waals surface area contributed by atoms with Crippen LogP contribution in [0.5, 0.6) is 0 Å². The first-order chi connectivity index (χ1) is 17.0. The SMILES string of the molecule is O=C(O)CC1CCC(c2ccc(-c3ccc([As]S(=O)(=O)c4ccc(C(F)(F)F)cc4)cn3)cc2)CC1. The van der Waals surface area contributed by atoms with E-state index in [2.05, 4.69) is 17.1 Å². The van der Waals surface area contributed by atoms with E-state index >= 15 is 0 Å². The van der Waals surface area contributed by atoms with Gasteiger partial charge in [-0.15, -0.1) is 0 Å². The molecule has 1 heterocycles. The van der Waals surface area contributed by atoms with Crippen molar-refractivity contribution in [2.75, 3.05) is 0 Å². The van der Waals surface area contributed by atoms with E-state index in [0.29, 0.717) is 16.0 Å². The fourth-order valence-electron chi connectivity index (χ4n) is 4.49. The molecule has 36 heavy (non-hydrogen) atoms. The predicted octanol–water partition coefficient (Wildman–Crippen LogP) is 5.23. The number of carbonyl (C=O) groups is 1. The molecule has 0 bridgehead atoms. The van der Waals surface area contributed by atoms with Crippen molar-refractivity contribution in [1.82, 2.24) is 4.98 Å². The van der Waals surface area contributed by atoms with Crippen molar-refractivity contribution in [2.24, 2.45) is 5.92 Å². The number of nitrogens with zero attached hydrogens (tertiary/aromatic N) is 1.